The van der Waals surface area contributed by atoms with Crippen molar-refractivity contribution in [2.75, 3.05) is 18.0 Å². The Morgan fingerprint density at radius 3 is 2.95 bits per heavy atom. The maximum absolute atomic E-state index is 8.78. The van der Waals surface area contributed by atoms with E-state index in [1.54, 1.807) is 6.07 Å². The molecule has 2 rings (SSSR count). The standard InChI is InChI=1S/C14H23N5O/c1-3-11-5-4-7-19(8-6-11)14-16-10(2)9-12(17-14)13(15)18-20/h9,11,20H,3-8H2,1-2H3,(H2,15,18). The molecule has 1 aliphatic rings. The van der Waals surface area contributed by atoms with Crippen LogP contribution in [0, 0.1) is 12.8 Å². The second-order valence-electron chi connectivity index (χ2n) is 5.37. The van der Waals surface area contributed by atoms with Crippen molar-refractivity contribution in [3.05, 3.63) is 17.5 Å². The molecule has 0 saturated carbocycles. The second-order valence-corrected chi connectivity index (χ2v) is 5.37. The molecule has 1 aromatic heterocycles. The van der Waals surface area contributed by atoms with Gasteiger partial charge in [-0.25, -0.2) is 9.97 Å². The topological polar surface area (TPSA) is 87.6 Å². The summed E-state index contributed by atoms with van der Waals surface area (Å²) in [5.41, 5.74) is 6.93. The summed E-state index contributed by atoms with van der Waals surface area (Å²) >= 11 is 0. The van der Waals surface area contributed by atoms with E-state index >= 15 is 0 Å². The van der Waals surface area contributed by atoms with Crippen LogP contribution in [0.3, 0.4) is 0 Å². The van der Waals surface area contributed by atoms with Crippen LogP contribution in [0.5, 0.6) is 0 Å². The smallest absolute Gasteiger partial charge is 0.226 e. The van der Waals surface area contributed by atoms with E-state index in [0.717, 1.165) is 31.1 Å². The van der Waals surface area contributed by atoms with E-state index in [2.05, 4.69) is 26.9 Å². The maximum Gasteiger partial charge on any atom is 0.226 e. The Labute approximate surface area is 119 Å². The molecule has 6 nitrogen and oxygen atoms in total. The zero-order valence-electron chi connectivity index (χ0n) is 12.2. The Bertz CT molecular complexity index is 488. The van der Waals surface area contributed by atoms with Gasteiger partial charge in [0.05, 0.1) is 0 Å². The highest BCUT2D eigenvalue weighted by Gasteiger charge is 2.18. The lowest BCUT2D eigenvalue weighted by atomic mass is 9.98. The fourth-order valence-electron chi connectivity index (χ4n) is 2.65. The van der Waals surface area contributed by atoms with Crippen LogP contribution in [-0.2, 0) is 0 Å². The van der Waals surface area contributed by atoms with Crippen molar-refractivity contribution in [3.63, 3.8) is 0 Å². The lowest BCUT2D eigenvalue weighted by Crippen LogP contribution is -2.28. The molecule has 0 radical (unpaired) electrons. The number of oxime groups is 1. The fraction of sp³-hybridized carbons (Fsp3) is 0.643. The molecule has 110 valence electrons. The summed E-state index contributed by atoms with van der Waals surface area (Å²) in [6.45, 7) is 6.08. The van der Waals surface area contributed by atoms with Gasteiger partial charge in [0.15, 0.2) is 5.84 Å². The van der Waals surface area contributed by atoms with Gasteiger partial charge in [0.1, 0.15) is 5.69 Å². The van der Waals surface area contributed by atoms with Crippen molar-refractivity contribution in [3.8, 4) is 0 Å². The number of nitrogens with zero attached hydrogens (tertiary/aromatic N) is 4. The van der Waals surface area contributed by atoms with Crippen LogP contribution in [0.1, 0.15) is 44.0 Å². The zero-order chi connectivity index (χ0) is 14.5. The minimum Gasteiger partial charge on any atom is -0.409 e. The maximum atomic E-state index is 8.78. The molecule has 20 heavy (non-hydrogen) atoms. The molecule has 2 heterocycles. The number of nitrogens with two attached hydrogens (primary N) is 1. The first kappa shape index (κ1) is 14.6. The molecule has 6 heteroatoms. The molecule has 1 fully saturated rings. The van der Waals surface area contributed by atoms with E-state index in [4.69, 9.17) is 10.9 Å². The average molecular weight is 277 g/mol. The first-order chi connectivity index (χ1) is 9.63. The normalized spacial score (nSPS) is 20.8. The fourth-order valence-corrected chi connectivity index (χ4v) is 2.65. The van der Waals surface area contributed by atoms with E-state index in [1.165, 1.54) is 19.3 Å². The van der Waals surface area contributed by atoms with Crippen molar-refractivity contribution in [1.29, 1.82) is 0 Å². The van der Waals surface area contributed by atoms with Crippen LogP contribution in [0.2, 0.25) is 0 Å². The van der Waals surface area contributed by atoms with Crippen LogP contribution in [-0.4, -0.2) is 34.1 Å². The highest BCUT2D eigenvalue weighted by atomic mass is 16.4. The predicted molar refractivity (Wildman–Crippen MR) is 79.1 cm³/mol. The Hall–Kier alpha value is -1.85. The van der Waals surface area contributed by atoms with Crippen molar-refractivity contribution in [2.24, 2.45) is 16.8 Å². The van der Waals surface area contributed by atoms with Crippen molar-refractivity contribution >= 4 is 11.8 Å². The van der Waals surface area contributed by atoms with Gasteiger partial charge in [0.25, 0.3) is 0 Å². The molecular formula is C14H23N5O. The van der Waals surface area contributed by atoms with Crippen LogP contribution >= 0.6 is 0 Å². The van der Waals surface area contributed by atoms with Gasteiger partial charge < -0.3 is 15.8 Å². The van der Waals surface area contributed by atoms with Crippen molar-refractivity contribution in [2.45, 2.75) is 39.5 Å². The third-order valence-corrected chi connectivity index (χ3v) is 3.92. The summed E-state index contributed by atoms with van der Waals surface area (Å²) in [4.78, 5) is 11.1. The molecular weight excluding hydrogens is 254 g/mol. The Balaban J connectivity index is 2.21. The number of aryl methyl sites for hydroxylation is 1. The van der Waals surface area contributed by atoms with Crippen molar-refractivity contribution < 1.29 is 5.21 Å². The molecule has 1 aliphatic heterocycles. The second kappa shape index (κ2) is 6.54. The predicted octanol–water partition coefficient (Wildman–Crippen LogP) is 1.90. The molecule has 1 aromatic rings. The Morgan fingerprint density at radius 1 is 1.45 bits per heavy atom. The molecule has 0 amide bonds. The zero-order valence-corrected chi connectivity index (χ0v) is 12.2. The van der Waals surface area contributed by atoms with Gasteiger partial charge in [0.2, 0.25) is 5.95 Å². The van der Waals surface area contributed by atoms with Crippen LogP contribution in [0.4, 0.5) is 5.95 Å². The quantitative estimate of drug-likeness (QED) is 0.381. The summed E-state index contributed by atoms with van der Waals surface area (Å²) in [5, 5.41) is 11.8. The summed E-state index contributed by atoms with van der Waals surface area (Å²) in [6.07, 6.45) is 4.84. The number of hydrogen-bond acceptors (Lipinski definition) is 5. The third kappa shape index (κ3) is 3.37. The van der Waals surface area contributed by atoms with Gasteiger partial charge >= 0.3 is 0 Å². The monoisotopic (exact) mass is 277 g/mol. The van der Waals surface area contributed by atoms with Crippen LogP contribution < -0.4 is 10.6 Å². The minimum absolute atomic E-state index is 0.0259. The first-order valence-corrected chi connectivity index (χ1v) is 7.22. The molecule has 0 spiro atoms. The average Bonchev–Trinajstić information content (AvgIpc) is 2.71. The molecule has 1 unspecified atom stereocenters. The van der Waals surface area contributed by atoms with Crippen LogP contribution in [0.25, 0.3) is 0 Å². The number of anilines is 1. The lowest BCUT2D eigenvalue weighted by molar-refractivity contribution is 0.318. The molecule has 3 N–H and O–H groups in total. The molecule has 0 bridgehead atoms. The largest absolute Gasteiger partial charge is 0.409 e. The summed E-state index contributed by atoms with van der Waals surface area (Å²) < 4.78 is 0. The first-order valence-electron chi connectivity index (χ1n) is 7.22. The van der Waals surface area contributed by atoms with Gasteiger partial charge in [-0.2, -0.15) is 0 Å². The highest BCUT2D eigenvalue weighted by molar-refractivity contribution is 5.95. The van der Waals surface area contributed by atoms with Crippen molar-refractivity contribution in [1.82, 2.24) is 9.97 Å². The minimum atomic E-state index is 0.0259. The highest BCUT2D eigenvalue weighted by Crippen LogP contribution is 2.22. The SMILES string of the molecule is CCC1CCCN(c2nc(C)cc(/C(N)=N/O)n2)CC1. The van der Waals surface area contributed by atoms with Gasteiger partial charge in [-0.1, -0.05) is 18.5 Å². The number of hydrogen-bond donors (Lipinski definition) is 2. The van der Waals surface area contributed by atoms with Gasteiger partial charge in [-0.05, 0) is 38.2 Å². The number of aromatic nitrogens is 2. The molecule has 1 atom stereocenters. The third-order valence-electron chi connectivity index (χ3n) is 3.92. The van der Waals surface area contributed by atoms with E-state index < -0.39 is 0 Å². The van der Waals surface area contributed by atoms with E-state index in [-0.39, 0.29) is 5.84 Å². The van der Waals surface area contributed by atoms with E-state index in [0.29, 0.717) is 11.6 Å². The van der Waals surface area contributed by atoms with E-state index in [1.807, 2.05) is 6.92 Å². The Kier molecular flexibility index (Phi) is 4.76. The summed E-state index contributed by atoms with van der Waals surface area (Å²) in [5.74, 6) is 1.51. The van der Waals surface area contributed by atoms with Crippen LogP contribution in [0.15, 0.2) is 11.2 Å². The number of rotatable bonds is 3. The summed E-state index contributed by atoms with van der Waals surface area (Å²) in [7, 11) is 0. The molecule has 0 aromatic carbocycles. The van der Waals surface area contributed by atoms with Gasteiger partial charge in [0, 0.05) is 18.8 Å². The van der Waals surface area contributed by atoms with Gasteiger partial charge in [-0.3, -0.25) is 0 Å². The van der Waals surface area contributed by atoms with Gasteiger partial charge in [-0.15, -0.1) is 0 Å². The lowest BCUT2D eigenvalue weighted by Gasteiger charge is -2.21. The molecule has 1 saturated heterocycles. The summed E-state index contributed by atoms with van der Waals surface area (Å²) in [6, 6.07) is 1.73. The Morgan fingerprint density at radius 2 is 2.25 bits per heavy atom. The molecule has 0 aliphatic carbocycles. The van der Waals surface area contributed by atoms with E-state index in [9.17, 15) is 0 Å². The number of amidine groups is 1.